The highest BCUT2D eigenvalue weighted by Crippen LogP contribution is 2.16. The second kappa shape index (κ2) is 3.81. The van der Waals surface area contributed by atoms with Crippen LogP contribution in [0.4, 0.5) is 0 Å². The van der Waals surface area contributed by atoms with E-state index in [1.165, 1.54) is 0 Å². The van der Waals surface area contributed by atoms with Gasteiger partial charge in [0.05, 0.1) is 17.6 Å². The van der Waals surface area contributed by atoms with Gasteiger partial charge in [-0.3, -0.25) is 0 Å². The molecule has 1 heterocycles. The van der Waals surface area contributed by atoms with Gasteiger partial charge in [0, 0.05) is 11.9 Å². The molecule has 0 saturated carbocycles. The standard InChI is InChI=1S/C12H12N2O2/c1-8-5-10(12(15)16)3-4-11(8)14-6-9(2)13-7-14/h3-7H,1-2H3,(H,15,16). The third-order valence-electron chi connectivity index (χ3n) is 2.43. The Labute approximate surface area is 93.2 Å². The summed E-state index contributed by atoms with van der Waals surface area (Å²) in [4.78, 5) is 14.9. The van der Waals surface area contributed by atoms with Crippen LogP contribution in [-0.4, -0.2) is 20.6 Å². The Morgan fingerprint density at radius 2 is 2.12 bits per heavy atom. The third-order valence-corrected chi connectivity index (χ3v) is 2.43. The quantitative estimate of drug-likeness (QED) is 0.837. The normalized spacial score (nSPS) is 10.4. The maximum Gasteiger partial charge on any atom is 0.335 e. The number of carbonyl (C=O) groups is 1. The number of rotatable bonds is 2. The second-order valence-electron chi connectivity index (χ2n) is 3.73. The highest BCUT2D eigenvalue weighted by molar-refractivity contribution is 5.88. The fourth-order valence-corrected chi connectivity index (χ4v) is 1.63. The van der Waals surface area contributed by atoms with Gasteiger partial charge in [-0.2, -0.15) is 0 Å². The molecule has 2 rings (SSSR count). The molecule has 1 aromatic carbocycles. The Kier molecular flexibility index (Phi) is 2.48. The molecule has 0 aliphatic heterocycles. The van der Waals surface area contributed by atoms with Gasteiger partial charge in [0.1, 0.15) is 0 Å². The maximum absolute atomic E-state index is 10.8. The summed E-state index contributed by atoms with van der Waals surface area (Å²) in [6.45, 7) is 3.80. The highest BCUT2D eigenvalue weighted by atomic mass is 16.4. The zero-order valence-corrected chi connectivity index (χ0v) is 9.14. The number of nitrogens with zero attached hydrogens (tertiary/aromatic N) is 2. The largest absolute Gasteiger partial charge is 0.478 e. The van der Waals surface area contributed by atoms with Gasteiger partial charge in [-0.25, -0.2) is 9.78 Å². The number of imidazole rings is 1. The SMILES string of the molecule is Cc1cn(-c2ccc(C(=O)O)cc2C)cn1. The molecular formula is C12H12N2O2. The first-order valence-electron chi connectivity index (χ1n) is 4.93. The van der Waals surface area contributed by atoms with Crippen molar-refractivity contribution in [1.29, 1.82) is 0 Å². The van der Waals surface area contributed by atoms with Crippen LogP contribution in [0.15, 0.2) is 30.7 Å². The van der Waals surface area contributed by atoms with Crippen LogP contribution in [0.3, 0.4) is 0 Å². The lowest BCUT2D eigenvalue weighted by Gasteiger charge is -2.07. The molecule has 0 aliphatic carbocycles. The summed E-state index contributed by atoms with van der Waals surface area (Å²) in [5, 5.41) is 8.86. The van der Waals surface area contributed by atoms with E-state index in [2.05, 4.69) is 4.98 Å². The van der Waals surface area contributed by atoms with E-state index in [1.807, 2.05) is 24.6 Å². The average Bonchev–Trinajstić information content (AvgIpc) is 2.64. The van der Waals surface area contributed by atoms with Crippen LogP contribution in [0.5, 0.6) is 0 Å². The lowest BCUT2D eigenvalue weighted by molar-refractivity contribution is 0.0697. The van der Waals surface area contributed by atoms with Gasteiger partial charge in [-0.1, -0.05) is 0 Å². The van der Waals surface area contributed by atoms with E-state index >= 15 is 0 Å². The molecule has 0 radical (unpaired) electrons. The fourth-order valence-electron chi connectivity index (χ4n) is 1.63. The van der Waals surface area contributed by atoms with Crippen molar-refractivity contribution in [2.24, 2.45) is 0 Å². The molecule has 0 bridgehead atoms. The molecule has 82 valence electrons. The van der Waals surface area contributed by atoms with Crippen molar-refractivity contribution in [1.82, 2.24) is 9.55 Å². The van der Waals surface area contributed by atoms with Gasteiger partial charge in [-0.15, -0.1) is 0 Å². The van der Waals surface area contributed by atoms with Crippen molar-refractivity contribution in [2.45, 2.75) is 13.8 Å². The Bertz CT molecular complexity index is 544. The van der Waals surface area contributed by atoms with Crippen LogP contribution >= 0.6 is 0 Å². The monoisotopic (exact) mass is 216 g/mol. The molecular weight excluding hydrogens is 204 g/mol. The van der Waals surface area contributed by atoms with Crippen molar-refractivity contribution in [3.8, 4) is 5.69 Å². The number of hydrogen-bond acceptors (Lipinski definition) is 2. The molecule has 0 spiro atoms. The van der Waals surface area contributed by atoms with Crippen LogP contribution in [0.1, 0.15) is 21.6 Å². The zero-order valence-electron chi connectivity index (χ0n) is 9.14. The van der Waals surface area contributed by atoms with Gasteiger partial charge in [0.15, 0.2) is 0 Å². The van der Waals surface area contributed by atoms with Crippen LogP contribution < -0.4 is 0 Å². The minimum Gasteiger partial charge on any atom is -0.478 e. The lowest BCUT2D eigenvalue weighted by atomic mass is 10.1. The number of benzene rings is 1. The molecule has 1 aromatic heterocycles. The number of aromatic nitrogens is 2. The van der Waals surface area contributed by atoms with Gasteiger partial charge in [-0.05, 0) is 37.6 Å². The smallest absolute Gasteiger partial charge is 0.335 e. The number of carboxylic acids is 1. The molecule has 1 N–H and O–H groups in total. The van der Waals surface area contributed by atoms with E-state index in [4.69, 9.17) is 5.11 Å². The van der Waals surface area contributed by atoms with Gasteiger partial charge < -0.3 is 9.67 Å². The molecule has 0 amide bonds. The molecule has 16 heavy (non-hydrogen) atoms. The molecule has 4 heteroatoms. The van der Waals surface area contributed by atoms with E-state index in [0.717, 1.165) is 16.9 Å². The minimum atomic E-state index is -0.906. The summed E-state index contributed by atoms with van der Waals surface area (Å²) in [6, 6.07) is 5.05. The van der Waals surface area contributed by atoms with Crippen molar-refractivity contribution in [2.75, 3.05) is 0 Å². The van der Waals surface area contributed by atoms with Crippen molar-refractivity contribution < 1.29 is 9.90 Å². The van der Waals surface area contributed by atoms with Crippen molar-refractivity contribution in [3.05, 3.63) is 47.5 Å². The Balaban J connectivity index is 2.47. The van der Waals surface area contributed by atoms with E-state index in [1.54, 1.807) is 24.5 Å². The van der Waals surface area contributed by atoms with E-state index < -0.39 is 5.97 Å². The Morgan fingerprint density at radius 1 is 1.38 bits per heavy atom. The van der Waals surface area contributed by atoms with Crippen LogP contribution in [0, 0.1) is 13.8 Å². The Hall–Kier alpha value is -2.10. The zero-order chi connectivity index (χ0) is 11.7. The second-order valence-corrected chi connectivity index (χ2v) is 3.73. The fraction of sp³-hybridized carbons (Fsp3) is 0.167. The van der Waals surface area contributed by atoms with E-state index in [-0.39, 0.29) is 0 Å². The van der Waals surface area contributed by atoms with Gasteiger partial charge in [0.2, 0.25) is 0 Å². The van der Waals surface area contributed by atoms with Crippen molar-refractivity contribution >= 4 is 5.97 Å². The third kappa shape index (κ3) is 1.82. The first kappa shape index (κ1) is 10.4. The number of carboxylic acid groups (broad SMARTS) is 1. The van der Waals surface area contributed by atoms with Crippen LogP contribution in [0.25, 0.3) is 5.69 Å². The van der Waals surface area contributed by atoms with E-state index in [9.17, 15) is 4.79 Å². The van der Waals surface area contributed by atoms with Gasteiger partial charge in [0.25, 0.3) is 0 Å². The van der Waals surface area contributed by atoms with Crippen LogP contribution in [-0.2, 0) is 0 Å². The molecule has 0 atom stereocenters. The summed E-state index contributed by atoms with van der Waals surface area (Å²) in [5.41, 5.74) is 3.10. The summed E-state index contributed by atoms with van der Waals surface area (Å²) in [7, 11) is 0. The lowest BCUT2D eigenvalue weighted by Crippen LogP contribution is -2.00. The van der Waals surface area contributed by atoms with Crippen molar-refractivity contribution in [3.63, 3.8) is 0 Å². The first-order chi connectivity index (χ1) is 7.58. The highest BCUT2D eigenvalue weighted by Gasteiger charge is 2.06. The predicted octanol–water partition coefficient (Wildman–Crippen LogP) is 2.19. The summed E-state index contributed by atoms with van der Waals surface area (Å²) < 4.78 is 1.89. The Morgan fingerprint density at radius 3 is 2.62 bits per heavy atom. The molecule has 0 unspecified atom stereocenters. The maximum atomic E-state index is 10.8. The summed E-state index contributed by atoms with van der Waals surface area (Å²) in [5.74, 6) is -0.906. The van der Waals surface area contributed by atoms with E-state index in [0.29, 0.717) is 5.56 Å². The average molecular weight is 216 g/mol. The van der Waals surface area contributed by atoms with Crippen LogP contribution in [0.2, 0.25) is 0 Å². The molecule has 4 nitrogen and oxygen atoms in total. The molecule has 0 aliphatic rings. The summed E-state index contributed by atoms with van der Waals surface area (Å²) in [6.07, 6.45) is 3.63. The summed E-state index contributed by atoms with van der Waals surface area (Å²) >= 11 is 0. The van der Waals surface area contributed by atoms with Gasteiger partial charge >= 0.3 is 5.97 Å². The number of aryl methyl sites for hydroxylation is 2. The predicted molar refractivity (Wildman–Crippen MR) is 60.0 cm³/mol. The molecule has 2 aromatic rings. The number of hydrogen-bond donors (Lipinski definition) is 1. The molecule has 0 fully saturated rings. The topological polar surface area (TPSA) is 55.1 Å². The molecule has 0 saturated heterocycles. The number of aromatic carboxylic acids is 1. The first-order valence-corrected chi connectivity index (χ1v) is 4.93. The minimum absolute atomic E-state index is 0.304.